The maximum absolute atomic E-state index is 3.97. The van der Waals surface area contributed by atoms with Crippen LogP contribution >= 0.6 is 9.39 Å². The van der Waals surface area contributed by atoms with E-state index in [0.717, 1.165) is 5.56 Å². The van der Waals surface area contributed by atoms with Crippen molar-refractivity contribution < 1.29 is 0 Å². The molecule has 0 saturated heterocycles. The smallest absolute Gasteiger partial charge is 0.0566 e. The van der Waals surface area contributed by atoms with Crippen LogP contribution in [0.1, 0.15) is 0 Å². The van der Waals surface area contributed by atoms with Crippen LogP contribution in [0.4, 0.5) is 0 Å². The fourth-order valence-corrected chi connectivity index (χ4v) is 2.21. The van der Waals surface area contributed by atoms with Crippen molar-refractivity contribution in [2.75, 3.05) is 0 Å². The van der Waals surface area contributed by atoms with Crippen LogP contribution in [0.3, 0.4) is 0 Å². The lowest BCUT2D eigenvalue weighted by Gasteiger charge is -1.93. The zero-order valence-electron chi connectivity index (χ0n) is 8.01. The van der Waals surface area contributed by atoms with Crippen LogP contribution in [0.25, 0.3) is 22.0 Å². The summed E-state index contributed by atoms with van der Waals surface area (Å²) in [6.07, 6.45) is 5.85. The Morgan fingerprint density at radius 1 is 1.27 bits per heavy atom. The third-order valence-electron chi connectivity index (χ3n) is 2.55. The summed E-state index contributed by atoms with van der Waals surface area (Å²) < 4.78 is 2.05. The molecule has 3 nitrogen and oxygen atoms in total. The average Bonchev–Trinajstić information content (AvgIpc) is 2.87. The van der Waals surface area contributed by atoms with Crippen molar-refractivity contribution in [1.29, 1.82) is 0 Å². The summed E-state index contributed by atoms with van der Waals surface area (Å²) in [4.78, 5) is 0. The first-order valence-corrected chi connectivity index (χ1v) is 5.22. The normalized spacial score (nSPS) is 11.0. The summed E-state index contributed by atoms with van der Waals surface area (Å²) in [5, 5.41) is 8.05. The number of hydrogen-bond acceptors (Lipinski definition) is 1. The molecule has 0 radical (unpaired) electrons. The molecular formula is C11H10N3P. The van der Waals surface area contributed by atoms with E-state index in [2.05, 4.69) is 48.3 Å². The van der Waals surface area contributed by atoms with Gasteiger partial charge in [-0.1, -0.05) is 18.2 Å². The van der Waals surface area contributed by atoms with E-state index in [0.29, 0.717) is 0 Å². The Kier molecular flexibility index (Phi) is 1.86. The van der Waals surface area contributed by atoms with E-state index in [1.54, 1.807) is 0 Å². The van der Waals surface area contributed by atoms with Gasteiger partial charge in [0, 0.05) is 28.9 Å². The molecule has 3 rings (SSSR count). The van der Waals surface area contributed by atoms with Crippen LogP contribution in [0, 0.1) is 0 Å². The van der Waals surface area contributed by atoms with Gasteiger partial charge in [0.1, 0.15) is 0 Å². The monoisotopic (exact) mass is 215 g/mol. The minimum Gasteiger partial charge on any atom is -0.331 e. The molecule has 0 spiro atoms. The first-order valence-electron chi connectivity index (χ1n) is 4.70. The number of nitrogens with one attached hydrogen (secondary N) is 1. The fraction of sp³-hybridized carbons (Fsp3) is 0. The Bertz CT molecular complexity index is 595. The highest BCUT2D eigenvalue weighted by Crippen LogP contribution is 2.30. The third-order valence-corrected chi connectivity index (χ3v) is 2.98. The van der Waals surface area contributed by atoms with E-state index in [1.807, 2.05) is 18.5 Å². The van der Waals surface area contributed by atoms with Gasteiger partial charge in [-0.25, -0.2) is 0 Å². The van der Waals surface area contributed by atoms with Crippen molar-refractivity contribution in [1.82, 2.24) is 14.5 Å². The lowest BCUT2D eigenvalue weighted by molar-refractivity contribution is 1.09. The molecule has 0 aliphatic heterocycles. The van der Waals surface area contributed by atoms with E-state index >= 15 is 0 Å². The van der Waals surface area contributed by atoms with Crippen molar-refractivity contribution >= 4 is 20.3 Å². The van der Waals surface area contributed by atoms with Crippen LogP contribution in [-0.2, 0) is 0 Å². The SMILES string of the molecule is Pn1cc(-c2cn[nH]c2)c2ccccc21. The molecule has 1 atom stereocenters. The molecule has 74 valence electrons. The Balaban J connectivity index is 2.37. The Morgan fingerprint density at radius 2 is 2.13 bits per heavy atom. The molecule has 0 aliphatic carbocycles. The third kappa shape index (κ3) is 1.28. The van der Waals surface area contributed by atoms with Gasteiger partial charge in [0.25, 0.3) is 0 Å². The summed E-state index contributed by atoms with van der Waals surface area (Å²) >= 11 is 0. The molecule has 2 aromatic heterocycles. The molecule has 0 saturated carbocycles. The number of para-hydroxylation sites is 1. The molecular weight excluding hydrogens is 205 g/mol. The van der Waals surface area contributed by atoms with Gasteiger partial charge in [0.05, 0.1) is 11.7 Å². The molecule has 4 heteroatoms. The molecule has 0 fully saturated rings. The standard InChI is InChI=1S/C11H10N3P/c15-14-7-10(8-5-12-13-6-8)9-3-1-2-4-11(9)14/h1-7H,15H2,(H,12,13). The second-order valence-electron chi connectivity index (χ2n) is 3.45. The van der Waals surface area contributed by atoms with Gasteiger partial charge in [0.15, 0.2) is 0 Å². The molecule has 0 bridgehead atoms. The van der Waals surface area contributed by atoms with Crippen molar-refractivity contribution in [2.24, 2.45) is 0 Å². The lowest BCUT2D eigenvalue weighted by Crippen LogP contribution is -1.71. The summed E-state index contributed by atoms with van der Waals surface area (Å²) in [6, 6.07) is 8.32. The first kappa shape index (κ1) is 8.69. The van der Waals surface area contributed by atoms with E-state index in [-0.39, 0.29) is 0 Å². The zero-order chi connectivity index (χ0) is 10.3. The van der Waals surface area contributed by atoms with E-state index in [4.69, 9.17) is 0 Å². The predicted octanol–water partition coefficient (Wildman–Crippen LogP) is 2.67. The number of benzene rings is 1. The molecule has 2 heterocycles. The van der Waals surface area contributed by atoms with Crippen molar-refractivity contribution in [3.05, 3.63) is 42.9 Å². The van der Waals surface area contributed by atoms with Crippen LogP contribution in [0.2, 0.25) is 0 Å². The Morgan fingerprint density at radius 3 is 2.93 bits per heavy atom. The number of aromatic nitrogens is 3. The van der Waals surface area contributed by atoms with Gasteiger partial charge in [0.2, 0.25) is 0 Å². The number of nitrogens with zero attached hydrogens (tertiary/aromatic N) is 2. The minimum absolute atomic E-state index is 1.12. The molecule has 1 aromatic carbocycles. The van der Waals surface area contributed by atoms with Crippen LogP contribution in [-0.4, -0.2) is 14.5 Å². The van der Waals surface area contributed by atoms with Gasteiger partial charge in [-0.15, -0.1) is 0 Å². The number of H-pyrrole nitrogens is 1. The highest BCUT2D eigenvalue weighted by molar-refractivity contribution is 7.14. The number of rotatable bonds is 1. The Hall–Kier alpha value is -1.60. The highest BCUT2D eigenvalue weighted by Gasteiger charge is 2.07. The Labute approximate surface area is 89.4 Å². The van der Waals surface area contributed by atoms with E-state index < -0.39 is 0 Å². The first-order chi connectivity index (χ1) is 7.36. The van der Waals surface area contributed by atoms with Crippen LogP contribution < -0.4 is 0 Å². The van der Waals surface area contributed by atoms with Crippen molar-refractivity contribution in [2.45, 2.75) is 0 Å². The fourth-order valence-electron chi connectivity index (χ4n) is 1.83. The largest absolute Gasteiger partial charge is 0.331 e. The maximum atomic E-state index is 3.97. The minimum atomic E-state index is 1.12. The molecule has 0 amide bonds. The van der Waals surface area contributed by atoms with Gasteiger partial charge < -0.3 is 4.34 Å². The second-order valence-corrected chi connectivity index (χ2v) is 4.01. The zero-order valence-corrected chi connectivity index (χ0v) is 9.17. The van der Waals surface area contributed by atoms with Crippen molar-refractivity contribution in [3.63, 3.8) is 0 Å². The van der Waals surface area contributed by atoms with Gasteiger partial charge >= 0.3 is 0 Å². The van der Waals surface area contributed by atoms with E-state index in [9.17, 15) is 0 Å². The number of fused-ring (bicyclic) bond motifs is 1. The summed E-state index contributed by atoms with van der Waals surface area (Å²) in [7, 11) is 2.70. The van der Waals surface area contributed by atoms with Gasteiger partial charge in [-0.2, -0.15) is 5.10 Å². The maximum Gasteiger partial charge on any atom is 0.0566 e. The average molecular weight is 215 g/mol. The topological polar surface area (TPSA) is 33.6 Å². The summed E-state index contributed by atoms with van der Waals surface area (Å²) in [5.74, 6) is 0. The van der Waals surface area contributed by atoms with Crippen LogP contribution in [0.5, 0.6) is 0 Å². The molecule has 3 aromatic rings. The summed E-state index contributed by atoms with van der Waals surface area (Å²) in [5.41, 5.74) is 3.53. The van der Waals surface area contributed by atoms with Crippen molar-refractivity contribution in [3.8, 4) is 11.1 Å². The lowest BCUT2D eigenvalue weighted by atomic mass is 10.1. The molecule has 0 aliphatic rings. The summed E-state index contributed by atoms with van der Waals surface area (Å²) in [6.45, 7) is 0. The highest BCUT2D eigenvalue weighted by atomic mass is 31.0. The second kappa shape index (κ2) is 3.21. The van der Waals surface area contributed by atoms with E-state index in [1.165, 1.54) is 16.5 Å². The van der Waals surface area contributed by atoms with Gasteiger partial charge in [-0.05, 0) is 15.5 Å². The molecule has 1 unspecified atom stereocenters. The quantitative estimate of drug-likeness (QED) is 0.622. The molecule has 1 N–H and O–H groups in total. The number of hydrogen-bond donors (Lipinski definition) is 1. The molecule has 15 heavy (non-hydrogen) atoms. The van der Waals surface area contributed by atoms with Gasteiger partial charge in [-0.3, -0.25) is 5.10 Å². The predicted molar refractivity (Wildman–Crippen MR) is 64.6 cm³/mol. The van der Waals surface area contributed by atoms with Crippen LogP contribution in [0.15, 0.2) is 42.9 Å². The number of aromatic amines is 1.